The van der Waals surface area contributed by atoms with Crippen molar-refractivity contribution in [3.8, 4) is 11.5 Å². The molecule has 2 unspecified atom stereocenters. The minimum absolute atomic E-state index is 0.00868. The molecule has 6 aromatic rings. The smallest absolute Gasteiger partial charge is 0.121 e. The largest absolute Gasteiger partial charge is 0.508 e. The average molecular weight is 611 g/mol. The molecular weight excluding hydrogens is 572 g/mol. The van der Waals surface area contributed by atoms with Crippen molar-refractivity contribution < 1.29 is 20.4 Å². The topological polar surface area (TPSA) is 87.4 Å². The molecule has 6 aromatic carbocycles. The third-order valence-electron chi connectivity index (χ3n) is 9.62. The normalized spacial score (nSPS) is 19.2. The molecule has 1 fully saturated rings. The Morgan fingerprint density at radius 2 is 0.957 bits per heavy atom. The van der Waals surface area contributed by atoms with Crippen LogP contribution in [0.15, 0.2) is 121 Å². The van der Waals surface area contributed by atoms with Crippen LogP contribution in [0.1, 0.15) is 36.8 Å². The lowest BCUT2D eigenvalue weighted by atomic mass is 9.63. The summed E-state index contributed by atoms with van der Waals surface area (Å²) in [4.78, 5) is 4.28. The van der Waals surface area contributed by atoms with Gasteiger partial charge in [-0.25, -0.2) is 0 Å². The maximum atomic E-state index is 11.5. The molecule has 0 heterocycles. The first-order chi connectivity index (χ1) is 22.4. The highest BCUT2D eigenvalue weighted by Gasteiger charge is 2.52. The highest BCUT2D eigenvalue weighted by atomic mass is 16.3. The molecule has 6 nitrogen and oxygen atoms in total. The van der Waals surface area contributed by atoms with E-state index in [2.05, 4.69) is 72.2 Å². The SMILES string of the molecule is CCN(CC)c1ccc(C2C(O)C(c3ccc(N(c4cccc5ccccc45)c4cccc5ccccc45)cc3O)C2O)c(O)c1. The number of anilines is 4. The van der Waals surface area contributed by atoms with Crippen LogP contribution >= 0.6 is 0 Å². The average Bonchev–Trinajstić information content (AvgIpc) is 3.08. The molecule has 1 aliphatic rings. The summed E-state index contributed by atoms with van der Waals surface area (Å²) < 4.78 is 0. The van der Waals surface area contributed by atoms with Gasteiger partial charge in [0.25, 0.3) is 0 Å². The first-order valence-corrected chi connectivity index (χ1v) is 15.9. The summed E-state index contributed by atoms with van der Waals surface area (Å²) in [5.74, 6) is -1.33. The molecule has 46 heavy (non-hydrogen) atoms. The highest BCUT2D eigenvalue weighted by Crippen LogP contribution is 2.53. The summed E-state index contributed by atoms with van der Waals surface area (Å²) in [7, 11) is 0. The maximum absolute atomic E-state index is 11.5. The number of aromatic hydroxyl groups is 2. The summed E-state index contributed by atoms with van der Waals surface area (Å²) in [5.41, 5.74) is 4.54. The Hall–Kier alpha value is -5.04. The Morgan fingerprint density at radius 3 is 1.43 bits per heavy atom. The van der Waals surface area contributed by atoms with E-state index in [4.69, 9.17) is 0 Å². The van der Waals surface area contributed by atoms with Crippen molar-refractivity contribution in [2.24, 2.45) is 0 Å². The molecule has 4 N–H and O–H groups in total. The summed E-state index contributed by atoms with van der Waals surface area (Å²) in [6.45, 7) is 5.72. The van der Waals surface area contributed by atoms with Crippen molar-refractivity contribution in [1.82, 2.24) is 0 Å². The van der Waals surface area contributed by atoms with Crippen LogP contribution in [-0.4, -0.2) is 45.7 Å². The number of benzene rings is 6. The Balaban J connectivity index is 1.27. The van der Waals surface area contributed by atoms with Gasteiger partial charge in [0.15, 0.2) is 0 Å². The molecule has 0 radical (unpaired) electrons. The van der Waals surface area contributed by atoms with E-state index in [-0.39, 0.29) is 11.5 Å². The summed E-state index contributed by atoms with van der Waals surface area (Å²) >= 11 is 0. The fourth-order valence-electron chi connectivity index (χ4n) is 7.21. The van der Waals surface area contributed by atoms with Crippen molar-refractivity contribution >= 4 is 44.3 Å². The van der Waals surface area contributed by atoms with E-state index in [0.29, 0.717) is 11.1 Å². The van der Waals surface area contributed by atoms with Crippen LogP contribution in [0.4, 0.5) is 22.7 Å². The quantitative estimate of drug-likeness (QED) is 0.139. The molecule has 0 amide bonds. The van der Waals surface area contributed by atoms with Gasteiger partial charge in [0.1, 0.15) is 11.5 Å². The molecule has 232 valence electrons. The number of aliphatic hydroxyl groups excluding tert-OH is 2. The highest BCUT2D eigenvalue weighted by molar-refractivity contribution is 6.04. The Kier molecular flexibility index (Phi) is 7.77. The minimum atomic E-state index is -0.982. The van der Waals surface area contributed by atoms with E-state index in [1.165, 1.54) is 0 Å². The van der Waals surface area contributed by atoms with Crippen molar-refractivity contribution in [2.75, 3.05) is 22.9 Å². The van der Waals surface area contributed by atoms with Gasteiger partial charge in [-0.3, -0.25) is 0 Å². The Bertz CT molecular complexity index is 1940. The third-order valence-corrected chi connectivity index (χ3v) is 9.62. The molecule has 0 aliphatic heterocycles. The lowest BCUT2D eigenvalue weighted by Crippen LogP contribution is -2.51. The fourth-order valence-corrected chi connectivity index (χ4v) is 7.21. The number of hydrogen-bond acceptors (Lipinski definition) is 6. The van der Waals surface area contributed by atoms with E-state index >= 15 is 0 Å². The summed E-state index contributed by atoms with van der Waals surface area (Å²) in [6, 6.07) is 39.7. The van der Waals surface area contributed by atoms with Crippen molar-refractivity contribution in [1.29, 1.82) is 0 Å². The van der Waals surface area contributed by atoms with Crippen molar-refractivity contribution in [2.45, 2.75) is 37.9 Å². The number of phenols is 2. The molecule has 0 saturated heterocycles. The van der Waals surface area contributed by atoms with Crippen molar-refractivity contribution in [3.05, 3.63) is 132 Å². The first-order valence-electron chi connectivity index (χ1n) is 15.9. The second-order valence-electron chi connectivity index (χ2n) is 12.0. The predicted octanol–water partition coefficient (Wildman–Crippen LogP) is 8.32. The molecule has 7 rings (SSSR count). The predicted molar refractivity (Wildman–Crippen MR) is 187 cm³/mol. The minimum Gasteiger partial charge on any atom is -0.508 e. The second kappa shape index (κ2) is 12.0. The maximum Gasteiger partial charge on any atom is 0.121 e. The Labute approximate surface area is 269 Å². The van der Waals surface area contributed by atoms with Gasteiger partial charge in [0, 0.05) is 70.3 Å². The zero-order valence-corrected chi connectivity index (χ0v) is 26.0. The molecule has 1 saturated carbocycles. The second-order valence-corrected chi connectivity index (χ2v) is 12.0. The van der Waals surface area contributed by atoms with Gasteiger partial charge in [-0.15, -0.1) is 0 Å². The number of fused-ring (bicyclic) bond motifs is 2. The van der Waals surface area contributed by atoms with Gasteiger partial charge >= 0.3 is 0 Å². The lowest BCUT2D eigenvalue weighted by molar-refractivity contribution is -0.0797. The van der Waals surface area contributed by atoms with Crippen molar-refractivity contribution in [3.63, 3.8) is 0 Å². The summed E-state index contributed by atoms with van der Waals surface area (Å²) in [6.07, 6.45) is -1.96. The fraction of sp³-hybridized carbons (Fsp3) is 0.200. The number of rotatable bonds is 8. The van der Waals surface area contributed by atoms with Crippen LogP contribution < -0.4 is 9.80 Å². The lowest BCUT2D eigenvalue weighted by Gasteiger charge is -2.47. The van der Waals surface area contributed by atoms with E-state index in [1.54, 1.807) is 24.3 Å². The van der Waals surface area contributed by atoms with E-state index in [0.717, 1.165) is 57.4 Å². The molecule has 6 heteroatoms. The number of aliphatic hydroxyl groups is 2. The van der Waals surface area contributed by atoms with Crippen LogP contribution in [0, 0.1) is 0 Å². The molecule has 0 bridgehead atoms. The van der Waals surface area contributed by atoms with Gasteiger partial charge in [0.2, 0.25) is 0 Å². The van der Waals surface area contributed by atoms with Gasteiger partial charge in [-0.1, -0.05) is 84.9 Å². The van der Waals surface area contributed by atoms with Gasteiger partial charge in [-0.05, 0) is 48.9 Å². The molecular formula is C40H38N2O4. The van der Waals surface area contributed by atoms with Crippen LogP contribution in [0.25, 0.3) is 21.5 Å². The van der Waals surface area contributed by atoms with Crippen LogP contribution in [0.3, 0.4) is 0 Å². The van der Waals surface area contributed by atoms with Crippen LogP contribution in [0.2, 0.25) is 0 Å². The van der Waals surface area contributed by atoms with Gasteiger partial charge in [0.05, 0.1) is 23.6 Å². The van der Waals surface area contributed by atoms with Gasteiger partial charge in [-0.2, -0.15) is 0 Å². The zero-order valence-electron chi connectivity index (χ0n) is 26.0. The third kappa shape index (κ3) is 4.91. The van der Waals surface area contributed by atoms with E-state index in [9.17, 15) is 20.4 Å². The number of nitrogens with zero attached hydrogens (tertiary/aromatic N) is 2. The number of hydrogen-bond donors (Lipinski definition) is 4. The summed E-state index contributed by atoms with van der Waals surface area (Å²) in [5, 5.41) is 49.4. The first kappa shape index (κ1) is 29.7. The van der Waals surface area contributed by atoms with E-state index < -0.39 is 24.0 Å². The monoisotopic (exact) mass is 610 g/mol. The van der Waals surface area contributed by atoms with Crippen LogP contribution in [0.5, 0.6) is 11.5 Å². The Morgan fingerprint density at radius 1 is 0.522 bits per heavy atom. The van der Waals surface area contributed by atoms with Crippen LogP contribution in [-0.2, 0) is 0 Å². The molecule has 1 aliphatic carbocycles. The number of phenolic OH excluding ortho intramolecular Hbond substituents is 2. The van der Waals surface area contributed by atoms with Gasteiger partial charge < -0.3 is 30.2 Å². The molecule has 0 spiro atoms. The molecule has 0 aromatic heterocycles. The zero-order chi connectivity index (χ0) is 31.9. The van der Waals surface area contributed by atoms with E-state index in [1.807, 2.05) is 48.5 Å². The molecule has 2 atom stereocenters. The standard InChI is InChI=1S/C40H38N2O4/c1-3-41(4-2)27-19-21-31(35(43)23-27)37-39(45)38(40(37)46)32-22-20-28(24-36(32)44)42(33-17-9-13-25-11-5-7-15-29(25)33)34-18-10-14-26-12-6-8-16-30(26)34/h5-24,37-40,43-46H,3-4H2,1-2H3.